The summed E-state index contributed by atoms with van der Waals surface area (Å²) in [5, 5.41) is 10.5. The zero-order valence-corrected chi connectivity index (χ0v) is 32.3. The van der Waals surface area contributed by atoms with Gasteiger partial charge in [0.05, 0.1) is 22.1 Å². The van der Waals surface area contributed by atoms with Crippen LogP contribution in [0.25, 0.3) is 66.1 Å². The Bertz CT molecular complexity index is 3120. The van der Waals surface area contributed by atoms with Gasteiger partial charge in [0.15, 0.2) is 8.07 Å². The molecule has 0 aliphatic carbocycles. The predicted molar refractivity (Wildman–Crippen MR) is 244 cm³/mol. The predicted octanol–water partition coefficient (Wildman–Crippen LogP) is 10.9. The molecule has 0 spiro atoms. The summed E-state index contributed by atoms with van der Waals surface area (Å²) in [7, 11) is -2.72. The van der Waals surface area contributed by atoms with Crippen LogP contribution >= 0.6 is 0 Å². The summed E-state index contributed by atoms with van der Waals surface area (Å²) < 4.78 is 4.87. The van der Waals surface area contributed by atoms with Crippen molar-refractivity contribution in [3.8, 4) is 22.5 Å². The standard InChI is InChI=1S/C54H38N2Si/c1-5-19-40(20-6-1)55-51-33-16-14-30-48(51)54-46(31-18-34-53(54)55)39-35-36-52-49(37-39)47-29-13-15-32-50(47)56(52)41-21-17-28-45(38-41)57(42-22-7-2-8-23-42,43-24-9-3-10-25-43)44-26-11-4-12-27-44/h1-38H. The number of para-hydroxylation sites is 3. The summed E-state index contributed by atoms with van der Waals surface area (Å²) in [6.07, 6.45) is 0. The van der Waals surface area contributed by atoms with E-state index in [1.165, 1.54) is 86.9 Å². The van der Waals surface area contributed by atoms with Crippen molar-refractivity contribution in [1.29, 1.82) is 0 Å². The molecule has 0 radical (unpaired) electrons. The summed E-state index contributed by atoms with van der Waals surface area (Å²) in [5.41, 5.74) is 9.61. The zero-order valence-electron chi connectivity index (χ0n) is 31.3. The van der Waals surface area contributed by atoms with E-state index in [1.54, 1.807) is 0 Å². The fourth-order valence-electron chi connectivity index (χ4n) is 9.48. The number of hydrogen-bond acceptors (Lipinski definition) is 0. The van der Waals surface area contributed by atoms with E-state index in [1.807, 2.05) is 0 Å². The van der Waals surface area contributed by atoms with Crippen molar-refractivity contribution in [1.82, 2.24) is 9.13 Å². The molecule has 0 saturated carbocycles. The second kappa shape index (κ2) is 13.5. The maximum Gasteiger partial charge on any atom is 0.179 e. The fourth-order valence-corrected chi connectivity index (χ4v) is 14.3. The molecule has 0 bridgehead atoms. The normalized spacial score (nSPS) is 11.9. The van der Waals surface area contributed by atoms with Gasteiger partial charge in [-0.2, -0.15) is 0 Å². The Morgan fingerprint density at radius 2 is 0.737 bits per heavy atom. The van der Waals surface area contributed by atoms with Crippen LogP contribution in [-0.2, 0) is 0 Å². The molecule has 0 N–H and O–H groups in total. The Labute approximate surface area is 333 Å². The lowest BCUT2D eigenvalue weighted by Crippen LogP contribution is -2.74. The minimum absolute atomic E-state index is 1.17. The highest BCUT2D eigenvalue weighted by Crippen LogP contribution is 2.41. The summed E-state index contributed by atoms with van der Waals surface area (Å²) in [6, 6.07) is 85.1. The van der Waals surface area contributed by atoms with Crippen molar-refractivity contribution in [2.24, 2.45) is 0 Å². The lowest BCUT2D eigenvalue weighted by atomic mass is 9.98. The van der Waals surface area contributed by atoms with Crippen LogP contribution in [0.1, 0.15) is 0 Å². The van der Waals surface area contributed by atoms with Gasteiger partial charge in [0.1, 0.15) is 0 Å². The van der Waals surface area contributed by atoms with Crippen LogP contribution in [0.15, 0.2) is 231 Å². The number of benzene rings is 9. The third kappa shape index (κ3) is 5.17. The van der Waals surface area contributed by atoms with E-state index >= 15 is 0 Å². The summed E-state index contributed by atoms with van der Waals surface area (Å²) in [5.74, 6) is 0. The molecule has 3 heteroatoms. The van der Waals surface area contributed by atoms with Crippen LogP contribution in [0.4, 0.5) is 0 Å². The number of fused-ring (bicyclic) bond motifs is 6. The first-order valence-electron chi connectivity index (χ1n) is 19.7. The molecule has 0 saturated heterocycles. The molecule has 0 aliphatic heterocycles. The Balaban J connectivity index is 1.14. The maximum atomic E-state index is 2.47. The van der Waals surface area contributed by atoms with E-state index in [-0.39, 0.29) is 0 Å². The molecular weight excluding hydrogens is 705 g/mol. The van der Waals surface area contributed by atoms with Gasteiger partial charge in [-0.3, -0.25) is 0 Å². The second-order valence-corrected chi connectivity index (χ2v) is 18.7. The lowest BCUT2D eigenvalue weighted by molar-refractivity contribution is 1.18. The Morgan fingerprint density at radius 1 is 0.281 bits per heavy atom. The first kappa shape index (κ1) is 33.2. The van der Waals surface area contributed by atoms with Crippen LogP contribution in [0.3, 0.4) is 0 Å². The fraction of sp³-hybridized carbons (Fsp3) is 0. The van der Waals surface area contributed by atoms with Crippen LogP contribution in [0, 0.1) is 0 Å². The third-order valence-electron chi connectivity index (χ3n) is 11.9. The minimum Gasteiger partial charge on any atom is -0.309 e. The molecule has 0 aliphatic rings. The van der Waals surface area contributed by atoms with Gasteiger partial charge in [-0.05, 0) is 86.5 Å². The number of hydrogen-bond donors (Lipinski definition) is 0. The Hall–Kier alpha value is -7.20. The minimum atomic E-state index is -2.72. The third-order valence-corrected chi connectivity index (χ3v) is 16.6. The zero-order chi connectivity index (χ0) is 37.8. The van der Waals surface area contributed by atoms with E-state index in [2.05, 4.69) is 240 Å². The average Bonchev–Trinajstić information content (AvgIpc) is 3.81. The summed E-state index contributed by atoms with van der Waals surface area (Å²) in [4.78, 5) is 0. The molecule has 268 valence electrons. The maximum absolute atomic E-state index is 2.72. The molecule has 9 aromatic carbocycles. The first-order chi connectivity index (χ1) is 28.3. The van der Waals surface area contributed by atoms with Crippen LogP contribution in [0.2, 0.25) is 0 Å². The van der Waals surface area contributed by atoms with E-state index < -0.39 is 8.07 Å². The van der Waals surface area contributed by atoms with E-state index in [0.717, 1.165) is 0 Å². The highest BCUT2D eigenvalue weighted by Gasteiger charge is 2.41. The van der Waals surface area contributed by atoms with Crippen molar-refractivity contribution in [3.63, 3.8) is 0 Å². The van der Waals surface area contributed by atoms with Crippen molar-refractivity contribution >= 4 is 72.4 Å². The molecule has 57 heavy (non-hydrogen) atoms. The van der Waals surface area contributed by atoms with Crippen LogP contribution in [-0.4, -0.2) is 17.2 Å². The first-order valence-corrected chi connectivity index (χ1v) is 21.7. The highest BCUT2D eigenvalue weighted by molar-refractivity contribution is 7.19. The van der Waals surface area contributed by atoms with Crippen molar-refractivity contribution in [2.45, 2.75) is 0 Å². The Kier molecular flexibility index (Phi) is 7.87. The van der Waals surface area contributed by atoms with Crippen LogP contribution in [0.5, 0.6) is 0 Å². The highest BCUT2D eigenvalue weighted by atomic mass is 28.3. The number of aromatic nitrogens is 2. The quantitative estimate of drug-likeness (QED) is 0.114. The molecule has 11 aromatic rings. The summed E-state index contributed by atoms with van der Waals surface area (Å²) >= 11 is 0. The SMILES string of the molecule is c1ccc(-n2c3ccccc3c3c(-c4ccc5c(c4)c4ccccc4n5-c4cccc([Si](c5ccccc5)(c5ccccc5)c5ccccc5)c4)cccc32)cc1. The lowest BCUT2D eigenvalue weighted by Gasteiger charge is -2.34. The van der Waals surface area contributed by atoms with Gasteiger partial charge in [-0.15, -0.1) is 0 Å². The monoisotopic (exact) mass is 742 g/mol. The van der Waals surface area contributed by atoms with Crippen molar-refractivity contribution in [3.05, 3.63) is 231 Å². The largest absolute Gasteiger partial charge is 0.309 e. The molecule has 0 unspecified atom stereocenters. The van der Waals surface area contributed by atoms with Crippen LogP contribution < -0.4 is 20.7 Å². The van der Waals surface area contributed by atoms with Gasteiger partial charge in [-0.1, -0.05) is 176 Å². The molecule has 2 heterocycles. The molecular formula is C54H38N2Si. The van der Waals surface area contributed by atoms with Gasteiger partial charge in [0, 0.05) is 32.9 Å². The van der Waals surface area contributed by atoms with Gasteiger partial charge in [-0.25, -0.2) is 0 Å². The molecule has 0 fully saturated rings. The summed E-state index contributed by atoms with van der Waals surface area (Å²) in [6.45, 7) is 0. The number of nitrogens with zero attached hydrogens (tertiary/aromatic N) is 2. The molecule has 2 nitrogen and oxygen atoms in total. The topological polar surface area (TPSA) is 9.86 Å². The van der Waals surface area contributed by atoms with Crippen molar-refractivity contribution < 1.29 is 0 Å². The van der Waals surface area contributed by atoms with Gasteiger partial charge < -0.3 is 9.13 Å². The van der Waals surface area contributed by atoms with E-state index in [4.69, 9.17) is 0 Å². The van der Waals surface area contributed by atoms with Gasteiger partial charge in [0.25, 0.3) is 0 Å². The smallest absolute Gasteiger partial charge is 0.179 e. The molecule has 11 rings (SSSR count). The van der Waals surface area contributed by atoms with E-state index in [9.17, 15) is 0 Å². The van der Waals surface area contributed by atoms with Crippen molar-refractivity contribution in [2.75, 3.05) is 0 Å². The average molecular weight is 743 g/mol. The molecule has 2 aromatic heterocycles. The molecule has 0 amide bonds. The number of rotatable bonds is 7. The van der Waals surface area contributed by atoms with Gasteiger partial charge >= 0.3 is 0 Å². The second-order valence-electron chi connectivity index (χ2n) is 14.9. The van der Waals surface area contributed by atoms with Gasteiger partial charge in [0.2, 0.25) is 0 Å². The molecule has 0 atom stereocenters. The van der Waals surface area contributed by atoms with E-state index in [0.29, 0.717) is 0 Å². The Morgan fingerprint density at radius 3 is 1.39 bits per heavy atom.